The van der Waals surface area contributed by atoms with Gasteiger partial charge in [0, 0.05) is 44.3 Å². The Morgan fingerprint density at radius 3 is 0.765 bits per heavy atom. The van der Waals surface area contributed by atoms with E-state index in [2.05, 4.69) is 156 Å². The SMILES string of the molecule is C1=Cc2nc1c(-c1ccccc1)c1ccc([nH]1)c(-c1ccccc1)c1nc(c(-c3ccccc3)c3ccc([nH]3)c2-c2ccccc2)C=C1.N=[N+]=N. The van der Waals surface area contributed by atoms with Gasteiger partial charge in [-0.25, -0.2) is 9.97 Å². The molecule has 7 aromatic rings. The largest absolute Gasteiger partial charge is 0.354 e. The summed E-state index contributed by atoms with van der Waals surface area (Å²) in [6.07, 6.45) is 8.54. The first kappa shape index (κ1) is 31.1. The van der Waals surface area contributed by atoms with Crippen molar-refractivity contribution in [3.05, 3.63) is 168 Å². The monoisotopic (exact) mass is 658 g/mol. The summed E-state index contributed by atoms with van der Waals surface area (Å²) >= 11 is 0. The van der Waals surface area contributed by atoms with Crippen LogP contribution in [0.3, 0.4) is 0 Å². The lowest BCUT2D eigenvalue weighted by Gasteiger charge is -2.07. The van der Waals surface area contributed by atoms with Crippen LogP contribution in [0.15, 0.2) is 146 Å². The molecule has 0 unspecified atom stereocenters. The number of fused-ring (bicyclic) bond motifs is 8. The molecule has 0 fully saturated rings. The number of aromatic nitrogens is 4. The van der Waals surface area contributed by atoms with Gasteiger partial charge in [-0.3, -0.25) is 0 Å². The number of hydrogen-bond donors (Lipinski definition) is 4. The van der Waals surface area contributed by atoms with E-state index in [0.29, 0.717) is 0 Å². The maximum absolute atomic E-state index is 5.50. The molecule has 2 aliphatic heterocycles. The molecule has 0 aliphatic carbocycles. The molecule has 2 aliphatic rings. The van der Waals surface area contributed by atoms with Crippen LogP contribution in [0, 0.1) is 11.1 Å². The van der Waals surface area contributed by atoms with Crippen LogP contribution in [0.25, 0.3) is 90.9 Å². The highest BCUT2D eigenvalue weighted by Crippen LogP contribution is 2.38. The zero-order chi connectivity index (χ0) is 34.6. The van der Waals surface area contributed by atoms with Gasteiger partial charge in [-0.05, 0) is 70.8 Å². The molecule has 0 spiro atoms. The van der Waals surface area contributed by atoms with Crippen molar-refractivity contribution in [2.24, 2.45) is 0 Å². The Labute approximate surface area is 294 Å². The predicted octanol–water partition coefficient (Wildman–Crippen LogP) is 11.4. The van der Waals surface area contributed by atoms with Gasteiger partial charge in [0.05, 0.1) is 22.8 Å². The van der Waals surface area contributed by atoms with Crippen LogP contribution in [-0.2, 0) is 0 Å². The van der Waals surface area contributed by atoms with Gasteiger partial charge in [-0.2, -0.15) is 0 Å². The summed E-state index contributed by atoms with van der Waals surface area (Å²) in [6, 6.07) is 50.7. The third kappa shape index (κ3) is 6.02. The second kappa shape index (κ2) is 13.7. The summed E-state index contributed by atoms with van der Waals surface area (Å²) in [4.78, 5) is 20.3. The molecule has 0 amide bonds. The molecule has 3 aromatic heterocycles. The first-order valence-corrected chi connectivity index (χ1v) is 16.6. The Kier molecular flexibility index (Phi) is 8.36. The topological polar surface area (TPSA) is 119 Å². The number of H-pyrrole nitrogens is 2. The zero-order valence-electron chi connectivity index (χ0n) is 27.5. The lowest BCUT2D eigenvalue weighted by Crippen LogP contribution is -1.89. The van der Waals surface area contributed by atoms with E-state index < -0.39 is 0 Å². The number of nitrogens with zero attached hydrogens (tertiary/aromatic N) is 3. The highest BCUT2D eigenvalue weighted by Gasteiger charge is 2.18. The minimum atomic E-state index is 0.906. The van der Waals surface area contributed by atoms with E-state index in [-0.39, 0.29) is 0 Å². The lowest BCUT2D eigenvalue weighted by atomic mass is 10.0. The highest BCUT2D eigenvalue weighted by molar-refractivity contribution is 5.99. The molecule has 9 rings (SSSR count). The number of hydrogen-bond acceptors (Lipinski definition) is 4. The standard InChI is InChI=1S/C44H30N4.H2N3/c1-5-13-29(14-6-1)41-33-21-23-35(45-33)42(30-15-7-2-8-16-30)37-25-27-39(47-37)44(32-19-11-4-12-20-32)40-28-26-38(48-40)43(31-17-9-3-10-18-31)36-24-22-34(41)46-36;1-3-2/h1-28,45,48H;1-2H/q;+1. The zero-order valence-corrected chi connectivity index (χ0v) is 27.5. The molecule has 7 heteroatoms. The van der Waals surface area contributed by atoms with E-state index in [1.807, 2.05) is 29.2 Å². The molecule has 242 valence electrons. The van der Waals surface area contributed by atoms with Gasteiger partial charge in [-0.1, -0.05) is 121 Å². The molecule has 7 nitrogen and oxygen atoms in total. The Balaban J connectivity index is 0.00000121. The van der Waals surface area contributed by atoms with Gasteiger partial charge in [-0.15, -0.1) is 0 Å². The molecule has 0 radical (unpaired) electrons. The average molecular weight is 659 g/mol. The average Bonchev–Trinajstić information content (AvgIpc) is 4.02. The Morgan fingerprint density at radius 2 is 0.549 bits per heavy atom. The maximum Gasteiger partial charge on any atom is 0.211 e. The molecule has 8 bridgehead atoms. The van der Waals surface area contributed by atoms with Crippen molar-refractivity contribution >= 4 is 46.4 Å². The van der Waals surface area contributed by atoms with Gasteiger partial charge in [0.25, 0.3) is 0 Å². The highest BCUT2D eigenvalue weighted by atomic mass is 15.0. The second-order valence-electron chi connectivity index (χ2n) is 12.1. The number of rotatable bonds is 4. The molecule has 5 heterocycles. The van der Waals surface area contributed by atoms with Crippen LogP contribution in [0.4, 0.5) is 0 Å². The summed E-state index contributed by atoms with van der Waals surface area (Å²) < 4.78 is 0. The van der Waals surface area contributed by atoms with Crippen LogP contribution in [0.1, 0.15) is 22.8 Å². The summed E-state index contributed by atoms with van der Waals surface area (Å²) in [5, 5.41) is 0. The van der Waals surface area contributed by atoms with E-state index >= 15 is 0 Å². The van der Waals surface area contributed by atoms with E-state index in [9.17, 15) is 0 Å². The van der Waals surface area contributed by atoms with E-state index in [0.717, 1.165) is 89.4 Å². The molecule has 51 heavy (non-hydrogen) atoms. The molecule has 4 N–H and O–H groups in total. The van der Waals surface area contributed by atoms with Gasteiger partial charge in [0.15, 0.2) is 0 Å². The van der Waals surface area contributed by atoms with E-state index in [1.54, 1.807) is 0 Å². The third-order valence-corrected chi connectivity index (χ3v) is 9.00. The Hall–Kier alpha value is -7.21. The summed E-state index contributed by atoms with van der Waals surface area (Å²) in [5.74, 6) is 0. The normalized spacial score (nSPS) is 11.5. The number of aromatic amines is 2. The maximum atomic E-state index is 5.50. The quantitative estimate of drug-likeness (QED) is 0.111. The van der Waals surface area contributed by atoms with Gasteiger partial charge < -0.3 is 9.97 Å². The first-order chi connectivity index (χ1) is 25.2. The molecule has 4 aromatic carbocycles. The minimum absolute atomic E-state index is 0.906. The van der Waals surface area contributed by atoms with E-state index in [4.69, 9.17) is 21.0 Å². The first-order valence-electron chi connectivity index (χ1n) is 16.6. The Bertz CT molecular complexity index is 2280. The lowest BCUT2D eigenvalue weighted by molar-refractivity contribution is 0.928. The van der Waals surface area contributed by atoms with Crippen molar-refractivity contribution < 1.29 is 0 Å². The van der Waals surface area contributed by atoms with Gasteiger partial charge in [0.2, 0.25) is 4.91 Å². The minimum Gasteiger partial charge on any atom is -0.354 e. The summed E-state index contributed by atoms with van der Waals surface area (Å²) in [5.41, 5.74) is 27.2. The van der Waals surface area contributed by atoms with Crippen LogP contribution in [0.5, 0.6) is 0 Å². The van der Waals surface area contributed by atoms with Crippen molar-refractivity contribution in [1.82, 2.24) is 24.8 Å². The fourth-order valence-electron chi connectivity index (χ4n) is 6.84. The fourth-order valence-corrected chi connectivity index (χ4v) is 6.84. The van der Waals surface area contributed by atoms with Gasteiger partial charge in [0.1, 0.15) is 11.1 Å². The van der Waals surface area contributed by atoms with Crippen molar-refractivity contribution in [2.75, 3.05) is 0 Å². The Morgan fingerprint density at radius 1 is 0.333 bits per heavy atom. The number of nitrogens with one attached hydrogen (secondary N) is 4. The van der Waals surface area contributed by atoms with Crippen LogP contribution < -0.4 is 4.91 Å². The van der Waals surface area contributed by atoms with Crippen molar-refractivity contribution in [3.8, 4) is 44.5 Å². The molecule has 0 atom stereocenters. The van der Waals surface area contributed by atoms with Crippen LogP contribution >= 0.6 is 0 Å². The predicted molar refractivity (Wildman–Crippen MR) is 208 cm³/mol. The number of benzene rings is 4. The van der Waals surface area contributed by atoms with Gasteiger partial charge >= 0.3 is 0 Å². The molecule has 0 saturated carbocycles. The van der Waals surface area contributed by atoms with Crippen LogP contribution in [-0.4, -0.2) is 19.9 Å². The van der Waals surface area contributed by atoms with Crippen molar-refractivity contribution in [2.45, 2.75) is 0 Å². The smallest absolute Gasteiger partial charge is 0.211 e. The fraction of sp³-hybridized carbons (Fsp3) is 0. The molecule has 0 saturated heterocycles. The summed E-state index contributed by atoms with van der Waals surface area (Å²) in [7, 11) is 0. The van der Waals surface area contributed by atoms with Crippen molar-refractivity contribution in [1.29, 1.82) is 11.1 Å². The van der Waals surface area contributed by atoms with Crippen molar-refractivity contribution in [3.63, 3.8) is 0 Å². The summed E-state index contributed by atoms with van der Waals surface area (Å²) in [6.45, 7) is 0. The van der Waals surface area contributed by atoms with Crippen LogP contribution in [0.2, 0.25) is 0 Å². The molecular formula is C44H32N7+. The van der Waals surface area contributed by atoms with E-state index in [1.165, 1.54) is 0 Å². The second-order valence-corrected chi connectivity index (χ2v) is 12.1. The molecular weight excluding hydrogens is 627 g/mol. The third-order valence-electron chi connectivity index (χ3n) is 9.00.